The first-order valence-electron chi connectivity index (χ1n) is 11.2. The summed E-state index contributed by atoms with van der Waals surface area (Å²) in [4.78, 5) is 22.6. The Bertz CT molecular complexity index is 1280. The highest BCUT2D eigenvalue weighted by Crippen LogP contribution is 2.34. The minimum atomic E-state index is -2.72. The zero-order valence-corrected chi connectivity index (χ0v) is 19.0. The smallest absolute Gasteiger partial charge is 0.337 e. The SMILES string of the molecule is CCc1cc(C(C)Nc2ccccc2C(=O)O)c2nc(N3CCC(F)(F)CC3)c(C#N)nc2c1. The van der Waals surface area contributed by atoms with Crippen LogP contribution < -0.4 is 10.2 Å². The van der Waals surface area contributed by atoms with Crippen LogP contribution in [0.3, 0.4) is 0 Å². The number of nitriles is 1. The van der Waals surface area contributed by atoms with Crippen LogP contribution in [0.2, 0.25) is 0 Å². The van der Waals surface area contributed by atoms with Crippen molar-refractivity contribution in [3.05, 3.63) is 58.8 Å². The Hall–Kier alpha value is -3.80. The lowest BCUT2D eigenvalue weighted by molar-refractivity contribution is -0.0221. The van der Waals surface area contributed by atoms with Crippen molar-refractivity contribution in [2.45, 2.75) is 45.1 Å². The highest BCUT2D eigenvalue weighted by Gasteiger charge is 2.35. The maximum absolute atomic E-state index is 13.7. The van der Waals surface area contributed by atoms with E-state index in [1.807, 2.05) is 26.0 Å². The Morgan fingerprint density at radius 1 is 1.26 bits per heavy atom. The number of alkyl halides is 2. The summed E-state index contributed by atoms with van der Waals surface area (Å²) in [6, 6.07) is 12.2. The van der Waals surface area contributed by atoms with Gasteiger partial charge in [0.15, 0.2) is 11.5 Å². The first-order chi connectivity index (χ1) is 16.2. The molecule has 3 aromatic rings. The number of halogens is 2. The molecule has 1 unspecified atom stereocenters. The zero-order valence-electron chi connectivity index (χ0n) is 19.0. The molecule has 2 aromatic carbocycles. The monoisotopic (exact) mass is 465 g/mol. The second-order valence-corrected chi connectivity index (χ2v) is 8.47. The number of piperidine rings is 1. The fourth-order valence-corrected chi connectivity index (χ4v) is 4.22. The van der Waals surface area contributed by atoms with E-state index in [1.54, 1.807) is 23.1 Å². The van der Waals surface area contributed by atoms with Gasteiger partial charge in [-0.3, -0.25) is 0 Å². The van der Waals surface area contributed by atoms with Crippen LogP contribution in [0, 0.1) is 11.3 Å². The van der Waals surface area contributed by atoms with Gasteiger partial charge in [0.2, 0.25) is 0 Å². The normalized spacial score (nSPS) is 16.1. The molecule has 176 valence electrons. The van der Waals surface area contributed by atoms with Crippen LogP contribution in [-0.2, 0) is 6.42 Å². The Morgan fingerprint density at radius 2 is 1.97 bits per heavy atom. The Labute approximate surface area is 196 Å². The fraction of sp³-hybridized carbons (Fsp3) is 0.360. The van der Waals surface area contributed by atoms with E-state index in [1.165, 1.54) is 6.07 Å². The maximum Gasteiger partial charge on any atom is 0.337 e. The molecule has 9 heteroatoms. The van der Waals surface area contributed by atoms with Crippen molar-refractivity contribution >= 4 is 28.5 Å². The van der Waals surface area contributed by atoms with E-state index in [0.29, 0.717) is 22.5 Å². The number of aromatic carboxylic acids is 1. The minimum absolute atomic E-state index is 0.0873. The van der Waals surface area contributed by atoms with Gasteiger partial charge in [0, 0.05) is 37.2 Å². The summed E-state index contributed by atoms with van der Waals surface area (Å²) in [5, 5.41) is 22.5. The van der Waals surface area contributed by atoms with E-state index in [2.05, 4.69) is 16.4 Å². The van der Waals surface area contributed by atoms with Gasteiger partial charge in [-0.25, -0.2) is 23.5 Å². The summed E-state index contributed by atoms with van der Waals surface area (Å²) < 4.78 is 27.4. The number of carbonyl (C=O) groups is 1. The third-order valence-electron chi connectivity index (χ3n) is 6.15. The average Bonchev–Trinajstić information content (AvgIpc) is 2.82. The van der Waals surface area contributed by atoms with Crippen LogP contribution in [0.25, 0.3) is 11.0 Å². The van der Waals surface area contributed by atoms with Crippen molar-refractivity contribution < 1.29 is 18.7 Å². The van der Waals surface area contributed by atoms with Crippen LogP contribution in [0.15, 0.2) is 36.4 Å². The second-order valence-electron chi connectivity index (χ2n) is 8.47. The maximum atomic E-state index is 13.7. The lowest BCUT2D eigenvalue weighted by Crippen LogP contribution is -2.40. The third-order valence-corrected chi connectivity index (χ3v) is 6.15. The van der Waals surface area contributed by atoms with E-state index in [-0.39, 0.29) is 43.2 Å². The molecule has 34 heavy (non-hydrogen) atoms. The van der Waals surface area contributed by atoms with Crippen LogP contribution in [0.1, 0.15) is 59.9 Å². The van der Waals surface area contributed by atoms with Gasteiger partial charge in [-0.15, -0.1) is 0 Å². The molecule has 2 N–H and O–H groups in total. The quantitative estimate of drug-likeness (QED) is 0.518. The largest absolute Gasteiger partial charge is 0.478 e. The molecule has 1 aliphatic heterocycles. The summed E-state index contributed by atoms with van der Waals surface area (Å²) in [5.74, 6) is -3.45. The molecular weight excluding hydrogens is 440 g/mol. The number of aromatic nitrogens is 2. The molecule has 4 rings (SSSR count). The molecule has 0 bridgehead atoms. The summed E-state index contributed by atoms with van der Waals surface area (Å²) >= 11 is 0. The summed E-state index contributed by atoms with van der Waals surface area (Å²) in [7, 11) is 0. The number of carboxylic acid groups (broad SMARTS) is 1. The first kappa shape index (κ1) is 23.4. The second kappa shape index (κ2) is 9.21. The van der Waals surface area contributed by atoms with Crippen LogP contribution in [-0.4, -0.2) is 40.1 Å². The van der Waals surface area contributed by atoms with Gasteiger partial charge in [-0.1, -0.05) is 25.1 Å². The standard InChI is InChI=1S/C25H25F2N5O2/c1-3-16-12-18(15(2)29-19-7-5-4-6-17(19)24(33)34)22-20(13-16)30-21(14-28)23(31-22)32-10-8-25(26,27)9-11-32/h4-7,12-13,15,29H,3,8-11H2,1-2H3,(H,33,34). The van der Waals surface area contributed by atoms with Crippen molar-refractivity contribution in [1.29, 1.82) is 5.26 Å². The number of anilines is 2. The highest BCUT2D eigenvalue weighted by atomic mass is 19.3. The number of rotatable bonds is 6. The topological polar surface area (TPSA) is 102 Å². The van der Waals surface area contributed by atoms with Crippen molar-refractivity contribution in [1.82, 2.24) is 9.97 Å². The third kappa shape index (κ3) is 4.62. The number of hydrogen-bond donors (Lipinski definition) is 2. The molecule has 0 aliphatic carbocycles. The van der Waals surface area contributed by atoms with Crippen molar-refractivity contribution in [2.75, 3.05) is 23.3 Å². The van der Waals surface area contributed by atoms with Gasteiger partial charge >= 0.3 is 5.97 Å². The first-order valence-corrected chi connectivity index (χ1v) is 11.2. The van der Waals surface area contributed by atoms with E-state index < -0.39 is 11.9 Å². The Kier molecular flexibility index (Phi) is 6.33. The van der Waals surface area contributed by atoms with Crippen molar-refractivity contribution in [3.8, 4) is 6.07 Å². The average molecular weight is 466 g/mol. The minimum Gasteiger partial charge on any atom is -0.478 e. The van der Waals surface area contributed by atoms with Crippen molar-refractivity contribution in [3.63, 3.8) is 0 Å². The zero-order chi connectivity index (χ0) is 24.5. The highest BCUT2D eigenvalue weighted by molar-refractivity contribution is 5.94. The molecule has 7 nitrogen and oxygen atoms in total. The van der Waals surface area contributed by atoms with Gasteiger partial charge in [0.25, 0.3) is 5.92 Å². The van der Waals surface area contributed by atoms with Gasteiger partial charge in [-0.2, -0.15) is 5.26 Å². The number of hydrogen-bond acceptors (Lipinski definition) is 6. The molecule has 1 saturated heterocycles. The van der Waals surface area contributed by atoms with Gasteiger partial charge < -0.3 is 15.3 Å². The number of carboxylic acids is 1. The van der Waals surface area contributed by atoms with E-state index in [0.717, 1.165) is 17.5 Å². The fourth-order valence-electron chi connectivity index (χ4n) is 4.22. The molecule has 1 aliphatic rings. The molecule has 0 amide bonds. The summed E-state index contributed by atoms with van der Waals surface area (Å²) in [5.41, 5.74) is 3.60. The predicted molar refractivity (Wildman–Crippen MR) is 125 cm³/mol. The molecule has 2 heterocycles. The van der Waals surface area contributed by atoms with Gasteiger partial charge in [-0.05, 0) is 37.1 Å². The predicted octanol–water partition coefficient (Wildman–Crippen LogP) is 5.17. The number of nitrogens with one attached hydrogen (secondary N) is 1. The number of aryl methyl sites for hydroxylation is 1. The van der Waals surface area contributed by atoms with E-state index in [9.17, 15) is 23.9 Å². The molecule has 0 saturated carbocycles. The van der Waals surface area contributed by atoms with Crippen LogP contribution in [0.5, 0.6) is 0 Å². The molecule has 0 radical (unpaired) electrons. The Morgan fingerprint density at radius 3 is 2.62 bits per heavy atom. The van der Waals surface area contributed by atoms with Gasteiger partial charge in [0.05, 0.1) is 22.6 Å². The molecule has 0 spiro atoms. The molecule has 1 atom stereocenters. The molecule has 1 fully saturated rings. The molecular formula is C25H25F2N5O2. The Balaban J connectivity index is 1.80. The lowest BCUT2D eigenvalue weighted by Gasteiger charge is -2.33. The number of nitrogens with zero attached hydrogens (tertiary/aromatic N) is 4. The number of fused-ring (bicyclic) bond motifs is 1. The van der Waals surface area contributed by atoms with E-state index in [4.69, 9.17) is 4.98 Å². The molecule has 1 aromatic heterocycles. The van der Waals surface area contributed by atoms with Crippen molar-refractivity contribution in [2.24, 2.45) is 0 Å². The lowest BCUT2D eigenvalue weighted by atomic mass is 10.00. The van der Waals surface area contributed by atoms with E-state index >= 15 is 0 Å². The number of benzene rings is 2. The van der Waals surface area contributed by atoms with Crippen LogP contribution in [0.4, 0.5) is 20.3 Å². The number of para-hydroxylation sites is 1. The van der Waals surface area contributed by atoms with Crippen LogP contribution >= 0.6 is 0 Å². The summed E-state index contributed by atoms with van der Waals surface area (Å²) in [6.07, 6.45) is 0.125. The van der Waals surface area contributed by atoms with Gasteiger partial charge in [0.1, 0.15) is 6.07 Å². The summed E-state index contributed by atoms with van der Waals surface area (Å²) in [6.45, 7) is 4.07.